The van der Waals surface area contributed by atoms with Crippen molar-refractivity contribution in [2.45, 2.75) is 19.0 Å². The summed E-state index contributed by atoms with van der Waals surface area (Å²) in [5.74, 6) is -1.89. The van der Waals surface area contributed by atoms with Crippen molar-refractivity contribution < 1.29 is 27.5 Å². The second kappa shape index (κ2) is 10.3. The number of aryl methyl sites for hydroxylation is 1. The Hall–Kier alpha value is -3.07. The summed E-state index contributed by atoms with van der Waals surface area (Å²) in [4.78, 5) is 26.1. The Balaban J connectivity index is 1.40. The van der Waals surface area contributed by atoms with E-state index in [-0.39, 0.29) is 12.2 Å². The number of nitrogens with one attached hydrogen (secondary N) is 2. The first-order chi connectivity index (χ1) is 14.8. The lowest BCUT2D eigenvalue weighted by atomic mass is 10.1. The Labute approximate surface area is 178 Å². The van der Waals surface area contributed by atoms with Crippen molar-refractivity contribution in [2.75, 3.05) is 43.1 Å². The van der Waals surface area contributed by atoms with Gasteiger partial charge in [-0.05, 0) is 48.7 Å². The quantitative estimate of drug-likeness (QED) is 0.540. The van der Waals surface area contributed by atoms with E-state index in [1.54, 1.807) is 0 Å². The lowest BCUT2D eigenvalue weighted by molar-refractivity contribution is -0.137. The molecule has 0 unspecified atom stereocenters. The average molecular weight is 435 g/mol. The molecule has 2 amide bonds. The molecule has 0 aromatic heterocycles. The number of nitrogens with zero attached hydrogens (tertiary/aromatic N) is 1. The van der Waals surface area contributed by atoms with E-state index in [1.807, 2.05) is 12.1 Å². The fourth-order valence-corrected chi connectivity index (χ4v) is 3.23. The zero-order chi connectivity index (χ0) is 22.3. The van der Waals surface area contributed by atoms with Gasteiger partial charge in [-0.3, -0.25) is 9.59 Å². The Morgan fingerprint density at radius 1 is 1.00 bits per heavy atom. The summed E-state index contributed by atoms with van der Waals surface area (Å²) in [7, 11) is 0. The van der Waals surface area contributed by atoms with Crippen molar-refractivity contribution in [1.82, 2.24) is 5.32 Å². The molecule has 3 rings (SSSR count). The normalized spacial score (nSPS) is 14.2. The van der Waals surface area contributed by atoms with Crippen LogP contribution in [0.15, 0.2) is 48.5 Å². The van der Waals surface area contributed by atoms with E-state index in [0.717, 1.165) is 56.1 Å². The molecule has 6 nitrogen and oxygen atoms in total. The third kappa shape index (κ3) is 6.71. The molecule has 2 aromatic rings. The van der Waals surface area contributed by atoms with Crippen LogP contribution in [0.1, 0.15) is 17.5 Å². The highest BCUT2D eigenvalue weighted by Crippen LogP contribution is 2.30. The summed E-state index contributed by atoms with van der Waals surface area (Å²) >= 11 is 0. The van der Waals surface area contributed by atoms with Crippen LogP contribution < -0.4 is 15.5 Å². The first-order valence-electron chi connectivity index (χ1n) is 10.0. The second-order valence-corrected chi connectivity index (χ2v) is 7.16. The highest BCUT2D eigenvalue weighted by atomic mass is 19.4. The van der Waals surface area contributed by atoms with Crippen LogP contribution in [-0.4, -0.2) is 44.7 Å². The van der Waals surface area contributed by atoms with Gasteiger partial charge in [0.2, 0.25) is 0 Å². The molecular weight excluding hydrogens is 411 g/mol. The van der Waals surface area contributed by atoms with Crippen molar-refractivity contribution >= 4 is 23.2 Å². The number of morpholine rings is 1. The Morgan fingerprint density at radius 2 is 1.71 bits per heavy atom. The van der Waals surface area contributed by atoms with E-state index in [4.69, 9.17) is 4.74 Å². The minimum atomic E-state index is -4.52. The molecule has 1 aliphatic heterocycles. The maximum Gasteiger partial charge on any atom is 0.416 e. The lowest BCUT2D eigenvalue weighted by Gasteiger charge is -2.28. The lowest BCUT2D eigenvalue weighted by Crippen LogP contribution is -2.36. The molecule has 1 fully saturated rings. The van der Waals surface area contributed by atoms with E-state index < -0.39 is 23.6 Å². The number of carbonyl (C=O) groups excluding carboxylic acids is 2. The number of alkyl halides is 3. The number of carbonyl (C=O) groups is 2. The molecule has 1 saturated heterocycles. The second-order valence-electron chi connectivity index (χ2n) is 7.16. The Morgan fingerprint density at radius 3 is 2.39 bits per heavy atom. The summed E-state index contributed by atoms with van der Waals surface area (Å²) in [6, 6.07) is 12.3. The molecule has 31 heavy (non-hydrogen) atoms. The zero-order valence-electron chi connectivity index (χ0n) is 16.9. The maximum atomic E-state index is 12.7. The molecule has 2 N–H and O–H groups in total. The molecule has 0 radical (unpaired) electrons. The first kappa shape index (κ1) is 22.6. The first-order valence-corrected chi connectivity index (χ1v) is 10.0. The molecule has 0 bridgehead atoms. The van der Waals surface area contributed by atoms with Gasteiger partial charge in [-0.2, -0.15) is 13.2 Å². The van der Waals surface area contributed by atoms with Crippen molar-refractivity contribution in [2.24, 2.45) is 0 Å². The Bertz CT molecular complexity index is 895. The summed E-state index contributed by atoms with van der Waals surface area (Å²) in [6.45, 7) is 3.47. The monoisotopic (exact) mass is 435 g/mol. The minimum Gasteiger partial charge on any atom is -0.378 e. The highest BCUT2D eigenvalue weighted by Gasteiger charge is 2.30. The standard InChI is InChI=1S/C22H24F3N3O3/c23-22(24,25)17-4-1-5-18(15-17)27-21(30)20(29)26-10-2-3-16-6-8-19(9-7-16)28-11-13-31-14-12-28/h1,4-9,15H,2-3,10-14H2,(H,26,29)(H,27,30). The van der Waals surface area contributed by atoms with Gasteiger partial charge in [-0.25, -0.2) is 0 Å². The van der Waals surface area contributed by atoms with Gasteiger partial charge in [0.15, 0.2) is 0 Å². The van der Waals surface area contributed by atoms with Crippen molar-refractivity contribution in [3.05, 3.63) is 59.7 Å². The van der Waals surface area contributed by atoms with E-state index in [2.05, 4.69) is 27.7 Å². The smallest absolute Gasteiger partial charge is 0.378 e. The molecule has 0 spiro atoms. The van der Waals surface area contributed by atoms with Crippen LogP contribution in [0, 0.1) is 0 Å². The average Bonchev–Trinajstić information content (AvgIpc) is 2.77. The molecule has 0 aliphatic carbocycles. The number of halogens is 3. The number of ether oxygens (including phenoxy) is 1. The molecular formula is C22H24F3N3O3. The van der Waals surface area contributed by atoms with Crippen LogP contribution in [-0.2, 0) is 26.9 Å². The zero-order valence-corrected chi connectivity index (χ0v) is 16.9. The van der Waals surface area contributed by atoms with Crippen molar-refractivity contribution in [1.29, 1.82) is 0 Å². The van der Waals surface area contributed by atoms with E-state index in [9.17, 15) is 22.8 Å². The predicted octanol–water partition coefficient (Wildman–Crippen LogP) is 3.23. The molecule has 0 atom stereocenters. The van der Waals surface area contributed by atoms with E-state index >= 15 is 0 Å². The number of rotatable bonds is 6. The van der Waals surface area contributed by atoms with Gasteiger partial charge in [0.1, 0.15) is 0 Å². The number of hydrogen-bond donors (Lipinski definition) is 2. The van der Waals surface area contributed by atoms with E-state index in [0.29, 0.717) is 6.42 Å². The van der Waals surface area contributed by atoms with Crippen LogP contribution in [0.25, 0.3) is 0 Å². The number of benzene rings is 2. The molecule has 166 valence electrons. The Kier molecular flexibility index (Phi) is 7.51. The van der Waals surface area contributed by atoms with Crippen LogP contribution >= 0.6 is 0 Å². The summed E-state index contributed by atoms with van der Waals surface area (Å²) in [5, 5.41) is 4.67. The predicted molar refractivity (Wildman–Crippen MR) is 111 cm³/mol. The molecule has 9 heteroatoms. The van der Waals surface area contributed by atoms with Gasteiger partial charge in [0.05, 0.1) is 18.8 Å². The third-order valence-corrected chi connectivity index (χ3v) is 4.89. The van der Waals surface area contributed by atoms with Gasteiger partial charge >= 0.3 is 18.0 Å². The summed E-state index contributed by atoms with van der Waals surface area (Å²) in [5.41, 5.74) is 1.27. The van der Waals surface area contributed by atoms with Gasteiger partial charge in [-0.1, -0.05) is 18.2 Å². The number of hydrogen-bond acceptors (Lipinski definition) is 4. The van der Waals surface area contributed by atoms with Gasteiger partial charge < -0.3 is 20.3 Å². The number of anilines is 2. The van der Waals surface area contributed by atoms with Crippen LogP contribution in [0.2, 0.25) is 0 Å². The number of amides is 2. The summed E-state index contributed by atoms with van der Waals surface area (Å²) < 4.78 is 43.5. The van der Waals surface area contributed by atoms with Crippen LogP contribution in [0.5, 0.6) is 0 Å². The largest absolute Gasteiger partial charge is 0.416 e. The van der Waals surface area contributed by atoms with Gasteiger partial charge in [-0.15, -0.1) is 0 Å². The maximum absolute atomic E-state index is 12.7. The van der Waals surface area contributed by atoms with Gasteiger partial charge in [0, 0.05) is 31.0 Å². The topological polar surface area (TPSA) is 70.7 Å². The van der Waals surface area contributed by atoms with Gasteiger partial charge in [0.25, 0.3) is 0 Å². The minimum absolute atomic E-state index is 0.0877. The molecule has 0 saturated carbocycles. The highest BCUT2D eigenvalue weighted by molar-refractivity contribution is 6.39. The van der Waals surface area contributed by atoms with E-state index in [1.165, 1.54) is 12.1 Å². The van der Waals surface area contributed by atoms with Crippen molar-refractivity contribution in [3.8, 4) is 0 Å². The fourth-order valence-electron chi connectivity index (χ4n) is 3.23. The summed E-state index contributed by atoms with van der Waals surface area (Å²) in [6.07, 6.45) is -3.18. The third-order valence-electron chi connectivity index (χ3n) is 4.89. The fraction of sp³-hybridized carbons (Fsp3) is 0.364. The van der Waals surface area contributed by atoms with Crippen molar-refractivity contribution in [3.63, 3.8) is 0 Å². The van der Waals surface area contributed by atoms with Crippen LogP contribution in [0.4, 0.5) is 24.5 Å². The molecule has 2 aromatic carbocycles. The molecule has 1 aliphatic rings. The molecule has 1 heterocycles. The van der Waals surface area contributed by atoms with Crippen LogP contribution in [0.3, 0.4) is 0 Å². The SMILES string of the molecule is O=C(NCCCc1ccc(N2CCOCC2)cc1)C(=O)Nc1cccc(C(F)(F)F)c1.